The summed E-state index contributed by atoms with van der Waals surface area (Å²) in [6.45, 7) is 5.28. The molecular formula is C8H14O3S. The quantitative estimate of drug-likeness (QED) is 0.503. The zero-order chi connectivity index (χ0) is 9.78. The van der Waals surface area contributed by atoms with Gasteiger partial charge in [0.15, 0.2) is 0 Å². The van der Waals surface area contributed by atoms with Gasteiger partial charge in [-0.3, -0.25) is 4.18 Å². The van der Waals surface area contributed by atoms with E-state index in [-0.39, 0.29) is 4.91 Å². The lowest BCUT2D eigenvalue weighted by Gasteiger charge is -1.98. The predicted octanol–water partition coefficient (Wildman–Crippen LogP) is 1.83. The van der Waals surface area contributed by atoms with Gasteiger partial charge in [0.1, 0.15) is 0 Å². The Labute approximate surface area is 73.9 Å². The van der Waals surface area contributed by atoms with Crippen LogP contribution in [0.4, 0.5) is 0 Å². The normalized spacial score (nSPS) is 12.8. The topological polar surface area (TPSA) is 43.4 Å². The summed E-state index contributed by atoms with van der Waals surface area (Å²) in [5, 5.41) is 0. The van der Waals surface area contributed by atoms with Crippen LogP contribution >= 0.6 is 0 Å². The van der Waals surface area contributed by atoms with Crippen molar-refractivity contribution in [1.82, 2.24) is 0 Å². The van der Waals surface area contributed by atoms with Crippen LogP contribution in [0.25, 0.3) is 0 Å². The summed E-state index contributed by atoms with van der Waals surface area (Å²) in [6.07, 6.45) is 3.25. The third-order valence-corrected chi connectivity index (χ3v) is 2.63. The molecule has 0 spiro atoms. The molecule has 3 nitrogen and oxygen atoms in total. The molecule has 0 fully saturated rings. The van der Waals surface area contributed by atoms with Gasteiger partial charge < -0.3 is 0 Å². The number of hydrogen-bond donors (Lipinski definition) is 0. The fourth-order valence-electron chi connectivity index (χ4n) is 0.499. The Balaban J connectivity index is 4.73. The molecule has 0 aliphatic rings. The van der Waals surface area contributed by atoms with Crippen molar-refractivity contribution in [2.24, 2.45) is 0 Å². The Morgan fingerprint density at radius 1 is 1.17 bits per heavy atom. The predicted molar refractivity (Wildman–Crippen MR) is 49.1 cm³/mol. The molecule has 0 saturated heterocycles. The first-order valence-corrected chi connectivity index (χ1v) is 4.93. The monoisotopic (exact) mass is 190 g/mol. The molecule has 0 unspecified atom stereocenters. The van der Waals surface area contributed by atoms with E-state index < -0.39 is 10.1 Å². The Bertz CT molecular complexity index is 292. The molecule has 0 rings (SSSR count). The van der Waals surface area contributed by atoms with Crippen molar-refractivity contribution in [3.63, 3.8) is 0 Å². The van der Waals surface area contributed by atoms with Crippen LogP contribution < -0.4 is 0 Å². The van der Waals surface area contributed by atoms with Crippen molar-refractivity contribution < 1.29 is 12.6 Å². The van der Waals surface area contributed by atoms with Crippen LogP contribution in [-0.4, -0.2) is 15.5 Å². The fraction of sp³-hybridized carbons (Fsp3) is 0.500. The first-order valence-electron chi connectivity index (χ1n) is 3.52. The average Bonchev–Trinajstić information content (AvgIpc) is 2.00. The van der Waals surface area contributed by atoms with E-state index in [9.17, 15) is 8.42 Å². The van der Waals surface area contributed by atoms with Gasteiger partial charge in [-0.2, -0.15) is 8.42 Å². The van der Waals surface area contributed by atoms with Crippen LogP contribution in [0.3, 0.4) is 0 Å². The molecule has 4 heteroatoms. The van der Waals surface area contributed by atoms with Gasteiger partial charge in [-0.1, -0.05) is 11.6 Å². The van der Waals surface area contributed by atoms with E-state index in [1.807, 2.05) is 13.8 Å². The summed E-state index contributed by atoms with van der Waals surface area (Å²) in [5.74, 6) is 0. The highest BCUT2D eigenvalue weighted by Crippen LogP contribution is 2.07. The molecule has 0 aromatic rings. The van der Waals surface area contributed by atoms with Crippen LogP contribution in [0.15, 0.2) is 22.6 Å². The van der Waals surface area contributed by atoms with E-state index in [4.69, 9.17) is 0 Å². The first-order chi connectivity index (χ1) is 5.40. The largest absolute Gasteiger partial charge is 0.292 e. The lowest BCUT2D eigenvalue weighted by atomic mass is 10.3. The van der Waals surface area contributed by atoms with Crippen molar-refractivity contribution >= 4 is 10.1 Å². The van der Waals surface area contributed by atoms with Crippen LogP contribution in [0.5, 0.6) is 0 Å². The standard InChI is InChI=1S/C8H14O3S/c1-7(2)5-6-8(3)12(9,10)11-4/h5-6H,1-4H3. The highest BCUT2D eigenvalue weighted by Gasteiger charge is 2.09. The summed E-state index contributed by atoms with van der Waals surface area (Å²) in [6, 6.07) is 0. The second-order valence-corrected chi connectivity index (χ2v) is 4.53. The summed E-state index contributed by atoms with van der Waals surface area (Å²) >= 11 is 0. The maximum absolute atomic E-state index is 11.0. The number of hydrogen-bond acceptors (Lipinski definition) is 3. The zero-order valence-corrected chi connectivity index (χ0v) is 8.60. The van der Waals surface area contributed by atoms with Crippen LogP contribution in [0, 0.1) is 0 Å². The Hall–Kier alpha value is -0.610. The first kappa shape index (κ1) is 11.4. The van der Waals surface area contributed by atoms with E-state index in [0.29, 0.717) is 0 Å². The smallest absolute Gasteiger partial charge is 0.270 e. The molecule has 70 valence electrons. The van der Waals surface area contributed by atoms with E-state index in [1.54, 1.807) is 6.08 Å². The zero-order valence-electron chi connectivity index (χ0n) is 7.79. The van der Waals surface area contributed by atoms with Gasteiger partial charge >= 0.3 is 0 Å². The van der Waals surface area contributed by atoms with Gasteiger partial charge in [-0.25, -0.2) is 0 Å². The molecule has 0 radical (unpaired) electrons. The van der Waals surface area contributed by atoms with Gasteiger partial charge in [-0.15, -0.1) is 0 Å². The molecule has 0 atom stereocenters. The molecule has 0 aliphatic carbocycles. The SMILES string of the molecule is COS(=O)(=O)C(C)=CC=C(C)C. The van der Waals surface area contributed by atoms with E-state index in [0.717, 1.165) is 12.7 Å². The molecule has 0 saturated carbocycles. The fourth-order valence-corrected chi connectivity index (χ4v) is 0.996. The molecule has 0 aromatic heterocycles. The molecule has 0 N–H and O–H groups in total. The highest BCUT2D eigenvalue weighted by molar-refractivity contribution is 7.90. The minimum absolute atomic E-state index is 0.214. The Morgan fingerprint density at radius 2 is 1.67 bits per heavy atom. The Kier molecular flexibility index (Phi) is 4.20. The van der Waals surface area contributed by atoms with Crippen molar-refractivity contribution in [3.05, 3.63) is 22.6 Å². The van der Waals surface area contributed by atoms with E-state index >= 15 is 0 Å². The van der Waals surface area contributed by atoms with Crippen LogP contribution in [-0.2, 0) is 14.3 Å². The van der Waals surface area contributed by atoms with Gasteiger partial charge in [0.05, 0.1) is 12.0 Å². The molecule has 12 heavy (non-hydrogen) atoms. The van der Waals surface area contributed by atoms with Crippen molar-refractivity contribution in [2.45, 2.75) is 20.8 Å². The molecule has 0 bridgehead atoms. The van der Waals surface area contributed by atoms with Crippen molar-refractivity contribution in [2.75, 3.05) is 7.11 Å². The summed E-state index contributed by atoms with van der Waals surface area (Å²) in [7, 11) is -2.33. The minimum atomic E-state index is -3.48. The van der Waals surface area contributed by atoms with E-state index in [1.165, 1.54) is 13.0 Å². The Morgan fingerprint density at radius 3 is 2.00 bits per heavy atom. The maximum Gasteiger partial charge on any atom is 0.292 e. The molecule has 0 amide bonds. The summed E-state index contributed by atoms with van der Waals surface area (Å²) < 4.78 is 26.3. The van der Waals surface area contributed by atoms with Crippen LogP contribution in [0.2, 0.25) is 0 Å². The second kappa shape index (κ2) is 4.42. The molecule has 0 heterocycles. The molecule has 0 aliphatic heterocycles. The van der Waals surface area contributed by atoms with Crippen molar-refractivity contribution in [3.8, 4) is 0 Å². The maximum atomic E-state index is 11.0. The van der Waals surface area contributed by atoms with E-state index in [2.05, 4.69) is 4.18 Å². The summed E-state index contributed by atoms with van der Waals surface area (Å²) in [5.41, 5.74) is 1.04. The lowest BCUT2D eigenvalue weighted by molar-refractivity contribution is 0.404. The van der Waals surface area contributed by atoms with Crippen LogP contribution in [0.1, 0.15) is 20.8 Å². The van der Waals surface area contributed by atoms with Gasteiger partial charge in [0.2, 0.25) is 0 Å². The number of rotatable bonds is 3. The van der Waals surface area contributed by atoms with Crippen molar-refractivity contribution in [1.29, 1.82) is 0 Å². The molecule has 0 aromatic carbocycles. The third kappa shape index (κ3) is 3.69. The average molecular weight is 190 g/mol. The van der Waals surface area contributed by atoms with Gasteiger partial charge in [-0.05, 0) is 26.8 Å². The minimum Gasteiger partial charge on any atom is -0.270 e. The van der Waals surface area contributed by atoms with Gasteiger partial charge in [0.25, 0.3) is 10.1 Å². The lowest BCUT2D eigenvalue weighted by Crippen LogP contribution is -2.02. The highest BCUT2D eigenvalue weighted by atomic mass is 32.2. The summed E-state index contributed by atoms with van der Waals surface area (Å²) in [4.78, 5) is 0.214. The molecular weight excluding hydrogens is 176 g/mol. The van der Waals surface area contributed by atoms with Gasteiger partial charge in [0, 0.05) is 0 Å². The number of allylic oxidation sites excluding steroid dienone is 4. The third-order valence-electron chi connectivity index (χ3n) is 1.27. The second-order valence-electron chi connectivity index (χ2n) is 2.64.